The lowest BCUT2D eigenvalue weighted by atomic mass is 10.1. The number of nitrogens with one attached hydrogen (secondary N) is 1. The van der Waals surface area contributed by atoms with Crippen molar-refractivity contribution >= 4 is 28.5 Å². The Morgan fingerprint density at radius 3 is 2.59 bits per heavy atom. The number of carbonyl (C=O) groups is 1. The van der Waals surface area contributed by atoms with Crippen molar-refractivity contribution in [2.45, 2.75) is 26.3 Å². The minimum absolute atomic E-state index is 0.0192. The number of halogens is 1. The largest absolute Gasteiger partial charge is 0.497 e. The average molecular weight is 478 g/mol. The maximum Gasteiger partial charge on any atom is 0.224 e. The summed E-state index contributed by atoms with van der Waals surface area (Å²) in [4.78, 5) is 17.2. The van der Waals surface area contributed by atoms with Crippen molar-refractivity contribution in [3.05, 3.63) is 88.7 Å². The molecule has 0 aliphatic carbocycles. The molecule has 0 saturated heterocycles. The fourth-order valence-electron chi connectivity index (χ4n) is 3.83. The van der Waals surface area contributed by atoms with E-state index in [2.05, 4.69) is 16.0 Å². The number of imidazole rings is 1. The molecule has 0 radical (unpaired) electrons. The van der Waals surface area contributed by atoms with E-state index in [0.717, 1.165) is 44.5 Å². The van der Waals surface area contributed by atoms with Crippen LogP contribution in [0.2, 0.25) is 5.02 Å². The van der Waals surface area contributed by atoms with E-state index in [1.54, 1.807) is 7.11 Å². The van der Waals surface area contributed by atoms with E-state index in [0.29, 0.717) is 32.5 Å². The highest BCUT2D eigenvalue weighted by atomic mass is 35.5. The number of aromatic nitrogens is 2. The van der Waals surface area contributed by atoms with E-state index in [4.69, 9.17) is 26.1 Å². The molecule has 0 aliphatic heterocycles. The number of methoxy groups -OCH3 is 1. The van der Waals surface area contributed by atoms with Gasteiger partial charge < -0.3 is 19.4 Å². The summed E-state index contributed by atoms with van der Waals surface area (Å²) < 4.78 is 13.3. The molecule has 7 heteroatoms. The second-order valence-corrected chi connectivity index (χ2v) is 8.46. The van der Waals surface area contributed by atoms with Gasteiger partial charge in [0, 0.05) is 18.0 Å². The molecule has 1 aromatic heterocycles. The van der Waals surface area contributed by atoms with Gasteiger partial charge in [0.05, 0.1) is 31.1 Å². The monoisotopic (exact) mass is 477 g/mol. The number of benzene rings is 3. The second kappa shape index (κ2) is 11.1. The molecule has 0 spiro atoms. The van der Waals surface area contributed by atoms with Gasteiger partial charge in [0.2, 0.25) is 5.91 Å². The number of para-hydroxylation sites is 2. The minimum Gasteiger partial charge on any atom is -0.497 e. The average Bonchev–Trinajstić information content (AvgIpc) is 3.19. The summed E-state index contributed by atoms with van der Waals surface area (Å²) in [6.07, 6.45) is 0.956. The molecule has 0 saturated carbocycles. The smallest absolute Gasteiger partial charge is 0.224 e. The van der Waals surface area contributed by atoms with Gasteiger partial charge in [0.25, 0.3) is 0 Å². The lowest BCUT2D eigenvalue weighted by Gasteiger charge is -2.12. The summed E-state index contributed by atoms with van der Waals surface area (Å²) in [5, 5.41) is 3.73. The fourth-order valence-corrected chi connectivity index (χ4v) is 3.95. The van der Waals surface area contributed by atoms with Gasteiger partial charge in [0.15, 0.2) is 0 Å². The molecule has 4 aromatic rings. The Hall–Kier alpha value is -3.51. The summed E-state index contributed by atoms with van der Waals surface area (Å²) in [6, 6.07) is 21.2. The Kier molecular flexibility index (Phi) is 7.70. The van der Waals surface area contributed by atoms with Crippen molar-refractivity contribution in [1.82, 2.24) is 14.9 Å². The highest BCUT2D eigenvalue weighted by Gasteiger charge is 2.12. The molecular formula is C27H28ClN3O3. The van der Waals surface area contributed by atoms with E-state index in [-0.39, 0.29) is 5.91 Å². The molecule has 0 fully saturated rings. The second-order valence-electron chi connectivity index (χ2n) is 8.05. The maximum atomic E-state index is 12.4. The van der Waals surface area contributed by atoms with Crippen molar-refractivity contribution in [2.24, 2.45) is 0 Å². The summed E-state index contributed by atoms with van der Waals surface area (Å²) in [5.74, 6) is 2.47. The van der Waals surface area contributed by atoms with Crippen LogP contribution in [-0.4, -0.2) is 35.7 Å². The number of nitrogens with zero attached hydrogens (tertiary/aromatic N) is 2. The van der Waals surface area contributed by atoms with Crippen LogP contribution in [0.3, 0.4) is 0 Å². The minimum atomic E-state index is -0.0192. The van der Waals surface area contributed by atoms with Crippen molar-refractivity contribution in [3.63, 3.8) is 0 Å². The molecule has 1 amide bonds. The number of hydrogen-bond acceptors (Lipinski definition) is 4. The van der Waals surface area contributed by atoms with Gasteiger partial charge in [-0.2, -0.15) is 0 Å². The third-order valence-corrected chi connectivity index (χ3v) is 6.07. The first-order valence-electron chi connectivity index (χ1n) is 11.3. The molecule has 0 aliphatic rings. The third kappa shape index (κ3) is 5.88. The molecule has 0 atom stereocenters. The van der Waals surface area contributed by atoms with Gasteiger partial charge in [-0.15, -0.1) is 0 Å². The summed E-state index contributed by atoms with van der Waals surface area (Å²) in [7, 11) is 1.62. The first-order chi connectivity index (χ1) is 16.5. The van der Waals surface area contributed by atoms with E-state index in [1.165, 1.54) is 0 Å². The zero-order chi connectivity index (χ0) is 23.9. The van der Waals surface area contributed by atoms with Crippen LogP contribution < -0.4 is 14.8 Å². The number of rotatable bonds is 10. The van der Waals surface area contributed by atoms with Crippen LogP contribution in [0.5, 0.6) is 11.5 Å². The zero-order valence-corrected chi connectivity index (χ0v) is 20.1. The lowest BCUT2D eigenvalue weighted by molar-refractivity contribution is -0.120. The molecule has 4 rings (SSSR count). The topological polar surface area (TPSA) is 65.4 Å². The van der Waals surface area contributed by atoms with E-state index >= 15 is 0 Å². The van der Waals surface area contributed by atoms with Crippen LogP contribution >= 0.6 is 11.6 Å². The molecule has 176 valence electrons. The highest BCUT2D eigenvalue weighted by molar-refractivity contribution is 6.31. The molecule has 3 aromatic carbocycles. The Labute approximate surface area is 204 Å². The van der Waals surface area contributed by atoms with Crippen LogP contribution in [0, 0.1) is 6.92 Å². The number of aryl methyl sites for hydroxylation is 1. The number of amides is 1. The number of fused-ring (bicyclic) bond motifs is 1. The fraction of sp³-hybridized carbons (Fsp3) is 0.259. The lowest BCUT2D eigenvalue weighted by Crippen LogP contribution is -2.28. The molecule has 0 unspecified atom stereocenters. The maximum absolute atomic E-state index is 12.4. The third-order valence-electron chi connectivity index (χ3n) is 5.64. The van der Waals surface area contributed by atoms with E-state index in [1.807, 2.05) is 67.6 Å². The van der Waals surface area contributed by atoms with Crippen LogP contribution in [0.25, 0.3) is 11.0 Å². The Balaban J connectivity index is 1.36. The normalized spacial score (nSPS) is 10.9. The van der Waals surface area contributed by atoms with Gasteiger partial charge in [-0.1, -0.05) is 35.9 Å². The number of hydrogen-bond donors (Lipinski definition) is 1. The van der Waals surface area contributed by atoms with Crippen LogP contribution in [0.4, 0.5) is 0 Å². The standard InChI is InChI=1S/C27H28ClN3O3/c1-19-17-22(11-12-23(19)28)34-16-15-31-25-6-4-3-5-24(25)30-26(31)13-14-29-27(32)18-20-7-9-21(33-2)10-8-20/h3-12,17H,13-16,18H2,1-2H3,(H,29,32). The van der Waals surface area contributed by atoms with Crippen molar-refractivity contribution < 1.29 is 14.3 Å². The number of ether oxygens (including phenoxy) is 2. The number of carbonyl (C=O) groups excluding carboxylic acids is 1. The van der Waals surface area contributed by atoms with Crippen LogP contribution in [0.1, 0.15) is 17.0 Å². The van der Waals surface area contributed by atoms with Crippen molar-refractivity contribution in [3.8, 4) is 11.5 Å². The Morgan fingerprint density at radius 2 is 1.82 bits per heavy atom. The molecule has 34 heavy (non-hydrogen) atoms. The first kappa shape index (κ1) is 23.6. The summed E-state index contributed by atoms with van der Waals surface area (Å²) >= 11 is 6.11. The molecular weight excluding hydrogens is 450 g/mol. The highest BCUT2D eigenvalue weighted by Crippen LogP contribution is 2.22. The Bertz CT molecular complexity index is 1270. The van der Waals surface area contributed by atoms with Gasteiger partial charge >= 0.3 is 0 Å². The predicted molar refractivity (Wildman–Crippen MR) is 135 cm³/mol. The van der Waals surface area contributed by atoms with Crippen molar-refractivity contribution in [1.29, 1.82) is 0 Å². The Morgan fingerprint density at radius 1 is 1.06 bits per heavy atom. The van der Waals surface area contributed by atoms with Gasteiger partial charge in [-0.25, -0.2) is 4.98 Å². The SMILES string of the molecule is COc1ccc(CC(=O)NCCc2nc3ccccc3n2CCOc2ccc(Cl)c(C)c2)cc1. The van der Waals surface area contributed by atoms with Crippen LogP contribution in [0.15, 0.2) is 66.7 Å². The van der Waals surface area contributed by atoms with E-state index in [9.17, 15) is 4.79 Å². The van der Waals surface area contributed by atoms with E-state index < -0.39 is 0 Å². The van der Waals surface area contributed by atoms with Gasteiger partial charge in [-0.3, -0.25) is 4.79 Å². The van der Waals surface area contributed by atoms with Gasteiger partial charge in [0.1, 0.15) is 23.9 Å². The summed E-state index contributed by atoms with van der Waals surface area (Å²) in [6.45, 7) is 3.62. The summed E-state index contributed by atoms with van der Waals surface area (Å²) in [5.41, 5.74) is 3.92. The quantitative estimate of drug-likeness (QED) is 0.349. The van der Waals surface area contributed by atoms with Gasteiger partial charge in [-0.05, 0) is 60.5 Å². The molecule has 1 N–H and O–H groups in total. The molecule has 6 nitrogen and oxygen atoms in total. The predicted octanol–water partition coefficient (Wildman–Crippen LogP) is 4.99. The first-order valence-corrected chi connectivity index (χ1v) is 11.6. The molecule has 0 bridgehead atoms. The van der Waals surface area contributed by atoms with Crippen molar-refractivity contribution in [2.75, 3.05) is 20.3 Å². The molecule has 1 heterocycles. The zero-order valence-electron chi connectivity index (χ0n) is 19.4. The van der Waals surface area contributed by atoms with Crippen LogP contribution in [-0.2, 0) is 24.2 Å².